The molecule has 0 aliphatic rings. The van der Waals surface area contributed by atoms with Crippen LogP contribution in [0, 0.1) is 15.9 Å². The highest BCUT2D eigenvalue weighted by Crippen LogP contribution is 2.26. The van der Waals surface area contributed by atoms with Crippen LogP contribution >= 0.6 is 11.8 Å². The molecule has 0 fully saturated rings. The molecule has 1 aromatic heterocycles. The van der Waals surface area contributed by atoms with Crippen LogP contribution in [-0.2, 0) is 0 Å². The quantitative estimate of drug-likeness (QED) is 0.286. The van der Waals surface area contributed by atoms with Crippen molar-refractivity contribution in [2.45, 2.75) is 5.22 Å². The Morgan fingerprint density at radius 3 is 2.68 bits per heavy atom. The SMILES string of the molecule is O=C(CSc1nnc(-c2cccc([N+](=O)[O-])c2)o1)c1ccc(F)cc1. The maximum atomic E-state index is 12.9. The fraction of sp³-hybridized carbons (Fsp3) is 0.0625. The van der Waals surface area contributed by atoms with Crippen molar-refractivity contribution in [3.8, 4) is 11.5 Å². The van der Waals surface area contributed by atoms with Crippen molar-refractivity contribution in [1.29, 1.82) is 0 Å². The molecule has 9 heteroatoms. The van der Waals surface area contributed by atoms with E-state index in [0.29, 0.717) is 11.1 Å². The average Bonchev–Trinajstić information content (AvgIpc) is 3.09. The Hall–Kier alpha value is -3.07. The topological polar surface area (TPSA) is 99.1 Å². The highest BCUT2D eigenvalue weighted by molar-refractivity contribution is 7.99. The Bertz CT molecular complexity index is 927. The van der Waals surface area contributed by atoms with Crippen LogP contribution < -0.4 is 0 Å². The summed E-state index contributed by atoms with van der Waals surface area (Å²) in [5, 5.41) is 18.6. The number of thioether (sulfide) groups is 1. The molecule has 0 saturated carbocycles. The lowest BCUT2D eigenvalue weighted by atomic mass is 10.1. The Morgan fingerprint density at radius 2 is 1.96 bits per heavy atom. The lowest BCUT2D eigenvalue weighted by Crippen LogP contribution is -2.02. The van der Waals surface area contributed by atoms with Crippen LogP contribution in [0.1, 0.15) is 10.4 Å². The van der Waals surface area contributed by atoms with Gasteiger partial charge in [-0.05, 0) is 30.3 Å². The van der Waals surface area contributed by atoms with E-state index in [1.54, 1.807) is 6.07 Å². The number of nitro groups is 1. The van der Waals surface area contributed by atoms with Crippen molar-refractivity contribution < 1.29 is 18.5 Å². The molecule has 0 bridgehead atoms. The molecule has 0 unspecified atom stereocenters. The summed E-state index contributed by atoms with van der Waals surface area (Å²) >= 11 is 1.04. The Labute approximate surface area is 145 Å². The molecule has 0 amide bonds. The van der Waals surface area contributed by atoms with Crippen molar-refractivity contribution in [3.63, 3.8) is 0 Å². The third-order valence-corrected chi connectivity index (χ3v) is 4.02. The van der Waals surface area contributed by atoms with Gasteiger partial charge in [0.1, 0.15) is 5.82 Å². The molecular formula is C16H10FN3O4S. The first-order chi connectivity index (χ1) is 12.0. The second-order valence-electron chi connectivity index (χ2n) is 4.90. The number of aromatic nitrogens is 2. The summed E-state index contributed by atoms with van der Waals surface area (Å²) < 4.78 is 18.3. The number of Topliss-reactive ketones (excluding diaryl/α,β-unsaturated/α-hetero) is 1. The third-order valence-electron chi connectivity index (χ3n) is 3.20. The number of halogens is 1. The van der Waals surface area contributed by atoms with Crippen LogP contribution in [0.2, 0.25) is 0 Å². The standard InChI is InChI=1S/C16H10FN3O4S/c17-12-6-4-10(5-7-12)14(21)9-25-16-19-18-15(24-16)11-2-1-3-13(8-11)20(22)23/h1-8H,9H2. The number of hydrogen-bond donors (Lipinski definition) is 0. The zero-order chi connectivity index (χ0) is 17.8. The molecule has 3 rings (SSSR count). The molecule has 126 valence electrons. The molecule has 0 aliphatic carbocycles. The van der Waals surface area contributed by atoms with Crippen LogP contribution in [0.3, 0.4) is 0 Å². The molecule has 3 aromatic rings. The van der Waals surface area contributed by atoms with Crippen LogP contribution in [-0.4, -0.2) is 26.7 Å². The Balaban J connectivity index is 1.67. The molecule has 7 nitrogen and oxygen atoms in total. The zero-order valence-electron chi connectivity index (χ0n) is 12.6. The van der Waals surface area contributed by atoms with Gasteiger partial charge in [-0.25, -0.2) is 4.39 Å². The third kappa shape index (κ3) is 4.07. The zero-order valence-corrected chi connectivity index (χ0v) is 13.4. The van der Waals surface area contributed by atoms with E-state index in [9.17, 15) is 19.3 Å². The number of ketones is 1. The lowest BCUT2D eigenvalue weighted by molar-refractivity contribution is -0.384. The van der Waals surface area contributed by atoms with Gasteiger partial charge in [0, 0.05) is 23.3 Å². The predicted molar refractivity (Wildman–Crippen MR) is 87.8 cm³/mol. The summed E-state index contributed by atoms with van der Waals surface area (Å²) in [5.41, 5.74) is 0.710. The smallest absolute Gasteiger partial charge is 0.277 e. The van der Waals surface area contributed by atoms with Gasteiger partial charge in [0.15, 0.2) is 5.78 Å². The van der Waals surface area contributed by atoms with Gasteiger partial charge >= 0.3 is 0 Å². The van der Waals surface area contributed by atoms with Gasteiger partial charge in [0.05, 0.1) is 10.7 Å². The molecule has 2 aromatic carbocycles. The maximum Gasteiger partial charge on any atom is 0.277 e. The first-order valence-electron chi connectivity index (χ1n) is 7.03. The molecule has 0 aliphatic heterocycles. The first kappa shape index (κ1) is 16.8. The van der Waals surface area contributed by atoms with Crippen molar-refractivity contribution in [2.24, 2.45) is 0 Å². The largest absolute Gasteiger partial charge is 0.411 e. The Kier molecular flexibility index (Phi) is 4.85. The second kappa shape index (κ2) is 7.22. The van der Waals surface area contributed by atoms with Crippen LogP contribution in [0.5, 0.6) is 0 Å². The van der Waals surface area contributed by atoms with Crippen molar-refractivity contribution in [1.82, 2.24) is 10.2 Å². The van der Waals surface area contributed by atoms with E-state index in [0.717, 1.165) is 11.8 Å². The Morgan fingerprint density at radius 1 is 1.20 bits per heavy atom. The minimum absolute atomic E-state index is 0.0439. The molecule has 0 spiro atoms. The molecule has 1 heterocycles. The number of carbonyl (C=O) groups is 1. The fourth-order valence-electron chi connectivity index (χ4n) is 1.98. The number of rotatable bonds is 6. The van der Waals surface area contributed by atoms with Gasteiger partial charge in [-0.15, -0.1) is 10.2 Å². The number of nitrogens with zero attached hydrogens (tertiary/aromatic N) is 3. The summed E-state index contributed by atoms with van der Waals surface area (Å²) in [6.45, 7) is 0. The lowest BCUT2D eigenvalue weighted by Gasteiger charge is -1.98. The minimum atomic E-state index is -0.517. The number of carbonyl (C=O) groups excluding carboxylic acids is 1. The van der Waals surface area contributed by atoms with Gasteiger partial charge < -0.3 is 4.42 Å². The first-order valence-corrected chi connectivity index (χ1v) is 8.01. The van der Waals surface area contributed by atoms with E-state index in [4.69, 9.17) is 4.42 Å². The summed E-state index contributed by atoms with van der Waals surface area (Å²) in [7, 11) is 0. The monoisotopic (exact) mass is 359 g/mol. The van der Waals surface area contributed by atoms with Crippen molar-refractivity contribution >= 4 is 23.2 Å². The van der Waals surface area contributed by atoms with Gasteiger partial charge in [0.25, 0.3) is 10.9 Å². The van der Waals surface area contributed by atoms with Crippen LogP contribution in [0.25, 0.3) is 11.5 Å². The van der Waals surface area contributed by atoms with E-state index in [2.05, 4.69) is 10.2 Å². The summed E-state index contributed by atoms with van der Waals surface area (Å²) in [5.74, 6) is -0.453. The number of nitro benzene ring substituents is 1. The van der Waals surface area contributed by atoms with Gasteiger partial charge in [-0.3, -0.25) is 14.9 Å². The maximum absolute atomic E-state index is 12.9. The fourth-order valence-corrected chi connectivity index (χ4v) is 2.64. The summed E-state index contributed by atoms with van der Waals surface area (Å²) in [6, 6.07) is 11.0. The molecule has 25 heavy (non-hydrogen) atoms. The van der Waals surface area contributed by atoms with Gasteiger partial charge in [-0.1, -0.05) is 17.8 Å². The average molecular weight is 359 g/mol. The molecular weight excluding hydrogens is 349 g/mol. The van der Waals surface area contributed by atoms with E-state index < -0.39 is 10.7 Å². The number of non-ortho nitro benzene ring substituents is 1. The number of hydrogen-bond acceptors (Lipinski definition) is 7. The minimum Gasteiger partial charge on any atom is -0.411 e. The van der Waals surface area contributed by atoms with E-state index in [1.807, 2.05) is 0 Å². The normalized spacial score (nSPS) is 10.6. The van der Waals surface area contributed by atoms with E-state index in [-0.39, 0.29) is 28.3 Å². The summed E-state index contributed by atoms with van der Waals surface area (Å²) in [4.78, 5) is 22.3. The second-order valence-corrected chi connectivity index (χ2v) is 5.83. The molecule has 0 atom stereocenters. The van der Waals surface area contributed by atoms with Crippen molar-refractivity contribution in [3.05, 3.63) is 70.0 Å². The highest BCUT2D eigenvalue weighted by atomic mass is 32.2. The molecule has 0 saturated heterocycles. The van der Waals surface area contributed by atoms with Crippen molar-refractivity contribution in [2.75, 3.05) is 5.75 Å². The van der Waals surface area contributed by atoms with E-state index >= 15 is 0 Å². The summed E-state index contributed by atoms with van der Waals surface area (Å²) in [6.07, 6.45) is 0. The molecule has 0 N–H and O–H groups in total. The van der Waals surface area contributed by atoms with Crippen LogP contribution in [0.4, 0.5) is 10.1 Å². The van der Waals surface area contributed by atoms with E-state index in [1.165, 1.54) is 42.5 Å². The molecule has 0 radical (unpaired) electrons. The highest BCUT2D eigenvalue weighted by Gasteiger charge is 2.14. The van der Waals surface area contributed by atoms with Gasteiger partial charge in [-0.2, -0.15) is 0 Å². The van der Waals surface area contributed by atoms with Crippen LogP contribution in [0.15, 0.2) is 58.2 Å². The predicted octanol–water partition coefficient (Wildman–Crippen LogP) is 3.76. The number of benzene rings is 2. The van der Waals surface area contributed by atoms with Gasteiger partial charge in [0.2, 0.25) is 5.89 Å².